The summed E-state index contributed by atoms with van der Waals surface area (Å²) in [6, 6.07) is 0. The minimum absolute atomic E-state index is 0.360. The van der Waals surface area contributed by atoms with Crippen LogP contribution in [0.15, 0.2) is 0 Å². The van der Waals surface area contributed by atoms with Gasteiger partial charge in [-0.25, -0.2) is 0 Å². The summed E-state index contributed by atoms with van der Waals surface area (Å²) < 4.78 is 5.79. The summed E-state index contributed by atoms with van der Waals surface area (Å²) in [5, 5.41) is 8.71. The molecule has 0 aliphatic carbocycles. The molecule has 1 fully saturated rings. The van der Waals surface area contributed by atoms with Gasteiger partial charge in [0.2, 0.25) is 0 Å². The first kappa shape index (κ1) is 20.0. The van der Waals surface area contributed by atoms with Gasteiger partial charge in [-0.2, -0.15) is 0 Å². The second-order valence-electron chi connectivity index (χ2n) is 7.11. The maximum absolute atomic E-state index is 8.71. The maximum Gasteiger partial charge on any atom is 0.0841 e. The fourth-order valence-corrected chi connectivity index (χ4v) is 3.33. The molecule has 1 saturated heterocycles. The molecule has 1 aliphatic rings. The number of epoxide rings is 1. The molecule has 0 amide bonds. The summed E-state index contributed by atoms with van der Waals surface area (Å²) in [5.41, 5.74) is 0. The summed E-state index contributed by atoms with van der Waals surface area (Å²) in [5.74, 6) is 0. The molecule has 22 heavy (non-hydrogen) atoms. The summed E-state index contributed by atoms with van der Waals surface area (Å²) in [7, 11) is 0. The fraction of sp³-hybridized carbons (Fsp3) is 1.00. The second kappa shape index (κ2) is 14.5. The van der Waals surface area contributed by atoms with E-state index in [4.69, 9.17) is 9.84 Å². The van der Waals surface area contributed by atoms with E-state index in [1.807, 2.05) is 0 Å². The van der Waals surface area contributed by atoms with E-state index in [0.717, 1.165) is 6.42 Å². The van der Waals surface area contributed by atoms with Crippen molar-refractivity contribution in [2.75, 3.05) is 6.61 Å². The van der Waals surface area contributed by atoms with Gasteiger partial charge < -0.3 is 9.84 Å². The number of unbranched alkanes of at least 4 members (excludes halogenated alkanes) is 12. The van der Waals surface area contributed by atoms with E-state index in [9.17, 15) is 0 Å². The van der Waals surface area contributed by atoms with Crippen molar-refractivity contribution >= 4 is 0 Å². The molecule has 0 radical (unpaired) electrons. The van der Waals surface area contributed by atoms with Crippen molar-refractivity contribution in [1.82, 2.24) is 0 Å². The zero-order valence-electron chi connectivity index (χ0n) is 15.0. The molecule has 1 aliphatic heterocycles. The lowest BCUT2D eigenvalue weighted by atomic mass is 10.0. The third-order valence-electron chi connectivity index (χ3n) is 4.93. The van der Waals surface area contributed by atoms with Crippen LogP contribution in [0.4, 0.5) is 0 Å². The first-order chi connectivity index (χ1) is 10.9. The average molecular weight is 313 g/mol. The first-order valence-corrected chi connectivity index (χ1v) is 10.1. The molecule has 1 heterocycles. The zero-order chi connectivity index (χ0) is 15.9. The van der Waals surface area contributed by atoms with Gasteiger partial charge in [0.15, 0.2) is 0 Å². The Kier molecular flexibility index (Phi) is 13.2. The molecule has 1 rings (SSSR count). The summed E-state index contributed by atoms with van der Waals surface area (Å²) >= 11 is 0. The molecule has 0 saturated carbocycles. The number of aliphatic hydroxyl groups is 1. The Morgan fingerprint density at radius 3 is 1.45 bits per heavy atom. The van der Waals surface area contributed by atoms with Crippen LogP contribution in [0.25, 0.3) is 0 Å². The number of ether oxygens (including phenoxy) is 1. The van der Waals surface area contributed by atoms with Gasteiger partial charge in [-0.05, 0) is 19.3 Å². The highest BCUT2D eigenvalue weighted by atomic mass is 16.6. The van der Waals surface area contributed by atoms with Crippen LogP contribution in [0.5, 0.6) is 0 Å². The van der Waals surface area contributed by atoms with Crippen molar-refractivity contribution in [3.8, 4) is 0 Å². The molecule has 2 atom stereocenters. The zero-order valence-corrected chi connectivity index (χ0v) is 15.0. The highest BCUT2D eigenvalue weighted by molar-refractivity contribution is 4.84. The van der Waals surface area contributed by atoms with Crippen molar-refractivity contribution in [2.24, 2.45) is 0 Å². The Morgan fingerprint density at radius 2 is 1.00 bits per heavy atom. The molecule has 0 aromatic carbocycles. The van der Waals surface area contributed by atoms with Crippen LogP contribution < -0.4 is 0 Å². The lowest BCUT2D eigenvalue weighted by molar-refractivity contribution is 0.282. The van der Waals surface area contributed by atoms with Crippen LogP contribution in [-0.4, -0.2) is 23.9 Å². The van der Waals surface area contributed by atoms with Gasteiger partial charge in [0, 0.05) is 6.61 Å². The molecule has 1 N–H and O–H groups in total. The van der Waals surface area contributed by atoms with E-state index < -0.39 is 0 Å². The van der Waals surface area contributed by atoms with Crippen LogP contribution in [0.3, 0.4) is 0 Å². The summed E-state index contributed by atoms with van der Waals surface area (Å²) in [6.07, 6.45) is 22.5. The monoisotopic (exact) mass is 312 g/mol. The molecule has 0 aromatic heterocycles. The van der Waals surface area contributed by atoms with Crippen molar-refractivity contribution in [2.45, 2.75) is 122 Å². The predicted molar refractivity (Wildman–Crippen MR) is 95.3 cm³/mol. The largest absolute Gasteiger partial charge is 0.396 e. The maximum atomic E-state index is 8.71. The third-order valence-corrected chi connectivity index (χ3v) is 4.93. The lowest BCUT2D eigenvalue weighted by Gasteiger charge is -2.01. The Morgan fingerprint density at radius 1 is 0.591 bits per heavy atom. The van der Waals surface area contributed by atoms with Gasteiger partial charge in [-0.1, -0.05) is 90.4 Å². The quantitative estimate of drug-likeness (QED) is 0.263. The third kappa shape index (κ3) is 11.5. The Hall–Kier alpha value is -0.0800. The second-order valence-corrected chi connectivity index (χ2v) is 7.11. The Balaban J connectivity index is 1.73. The number of aliphatic hydroxyl groups excluding tert-OH is 1. The van der Waals surface area contributed by atoms with Crippen LogP contribution in [0.2, 0.25) is 0 Å². The Bertz CT molecular complexity index is 230. The standard InChI is InChI=1S/C20H40O2/c1-2-3-4-5-7-10-13-16-19-20(22-19)17-14-11-8-6-9-12-15-18-21/h19-21H,2-18H2,1H3. The molecular formula is C20H40O2. The molecule has 2 unspecified atom stereocenters. The number of rotatable bonds is 17. The van der Waals surface area contributed by atoms with Crippen LogP contribution in [0.1, 0.15) is 110 Å². The SMILES string of the molecule is CCCCCCCCCC1OC1CCCCCCCCCO. The number of hydrogen-bond acceptors (Lipinski definition) is 2. The van der Waals surface area contributed by atoms with Gasteiger partial charge in [0.05, 0.1) is 12.2 Å². The van der Waals surface area contributed by atoms with Gasteiger partial charge in [-0.15, -0.1) is 0 Å². The first-order valence-electron chi connectivity index (χ1n) is 10.1. The van der Waals surface area contributed by atoms with Gasteiger partial charge in [0.25, 0.3) is 0 Å². The van der Waals surface area contributed by atoms with Crippen molar-refractivity contribution < 1.29 is 9.84 Å². The molecule has 0 bridgehead atoms. The average Bonchev–Trinajstić information content (AvgIpc) is 3.27. The van der Waals surface area contributed by atoms with E-state index in [0.29, 0.717) is 18.8 Å². The normalized spacial score (nSPS) is 20.5. The van der Waals surface area contributed by atoms with Gasteiger partial charge >= 0.3 is 0 Å². The van der Waals surface area contributed by atoms with E-state index in [1.165, 1.54) is 96.3 Å². The highest BCUT2D eigenvalue weighted by Crippen LogP contribution is 2.31. The van der Waals surface area contributed by atoms with Crippen molar-refractivity contribution in [3.63, 3.8) is 0 Å². The Labute approximate surface area is 139 Å². The molecular weight excluding hydrogens is 272 g/mol. The van der Waals surface area contributed by atoms with Crippen LogP contribution in [-0.2, 0) is 4.74 Å². The van der Waals surface area contributed by atoms with Crippen molar-refractivity contribution in [3.05, 3.63) is 0 Å². The van der Waals surface area contributed by atoms with E-state index >= 15 is 0 Å². The fourth-order valence-electron chi connectivity index (χ4n) is 3.33. The van der Waals surface area contributed by atoms with Crippen LogP contribution >= 0.6 is 0 Å². The van der Waals surface area contributed by atoms with E-state index in [1.54, 1.807) is 0 Å². The van der Waals surface area contributed by atoms with E-state index in [-0.39, 0.29) is 0 Å². The van der Waals surface area contributed by atoms with E-state index in [2.05, 4.69) is 6.92 Å². The lowest BCUT2D eigenvalue weighted by Crippen LogP contribution is -1.95. The summed E-state index contributed by atoms with van der Waals surface area (Å²) in [4.78, 5) is 0. The summed E-state index contributed by atoms with van der Waals surface area (Å²) in [6.45, 7) is 2.64. The number of hydrogen-bond donors (Lipinski definition) is 1. The van der Waals surface area contributed by atoms with Gasteiger partial charge in [0.1, 0.15) is 0 Å². The topological polar surface area (TPSA) is 32.8 Å². The van der Waals surface area contributed by atoms with Crippen molar-refractivity contribution in [1.29, 1.82) is 0 Å². The molecule has 0 spiro atoms. The molecule has 2 nitrogen and oxygen atoms in total. The predicted octanol–water partition coefficient (Wildman–Crippen LogP) is 6.01. The smallest absolute Gasteiger partial charge is 0.0841 e. The minimum Gasteiger partial charge on any atom is -0.396 e. The molecule has 132 valence electrons. The molecule has 0 aromatic rings. The molecule has 2 heteroatoms. The highest BCUT2D eigenvalue weighted by Gasteiger charge is 2.36. The minimum atomic E-state index is 0.360. The van der Waals surface area contributed by atoms with Gasteiger partial charge in [-0.3, -0.25) is 0 Å². The van der Waals surface area contributed by atoms with Crippen LogP contribution in [0, 0.1) is 0 Å².